The minimum absolute atomic E-state index is 0.342. The maximum atomic E-state index is 6.56. The van der Waals surface area contributed by atoms with Crippen molar-refractivity contribution in [2.75, 3.05) is 38.1 Å². The van der Waals surface area contributed by atoms with Crippen LogP contribution in [0.3, 0.4) is 0 Å². The van der Waals surface area contributed by atoms with Crippen molar-refractivity contribution in [3.63, 3.8) is 0 Å². The van der Waals surface area contributed by atoms with E-state index in [4.69, 9.17) is 54.2 Å². The number of ether oxygens (including phenoxy) is 2. The van der Waals surface area contributed by atoms with Crippen LogP contribution in [0, 0.1) is 0 Å². The molecule has 1 fully saturated rings. The number of methoxy groups -OCH3 is 2. The van der Waals surface area contributed by atoms with E-state index in [-0.39, 0.29) is 0 Å². The fourth-order valence-corrected chi connectivity index (χ4v) is 3.75. The highest BCUT2D eigenvalue weighted by Gasteiger charge is 2.24. The first kappa shape index (κ1) is 24.6. The van der Waals surface area contributed by atoms with Crippen molar-refractivity contribution in [2.24, 2.45) is 0 Å². The first-order valence-electron chi connectivity index (χ1n) is 9.92. The van der Waals surface area contributed by atoms with Crippen molar-refractivity contribution in [1.29, 1.82) is 0 Å². The van der Waals surface area contributed by atoms with Gasteiger partial charge in [-0.05, 0) is 13.3 Å². The van der Waals surface area contributed by atoms with E-state index >= 15 is 0 Å². The van der Waals surface area contributed by atoms with Crippen LogP contribution in [0.1, 0.15) is 33.6 Å². The number of anilines is 1. The number of hydrogen-bond acceptors (Lipinski definition) is 5. The molecule has 164 valence electrons. The third-order valence-electron chi connectivity index (χ3n) is 4.46. The maximum absolute atomic E-state index is 6.56. The maximum Gasteiger partial charge on any atom is 0.165 e. The molecule has 1 saturated heterocycles. The first-order chi connectivity index (χ1) is 14.5. The van der Waals surface area contributed by atoms with Crippen molar-refractivity contribution in [1.82, 2.24) is 9.97 Å². The zero-order valence-corrected chi connectivity index (χ0v) is 20.3. The van der Waals surface area contributed by atoms with Crippen LogP contribution in [-0.2, 0) is 0 Å². The van der Waals surface area contributed by atoms with Gasteiger partial charge in [0.05, 0.1) is 35.2 Å². The fourth-order valence-electron chi connectivity index (χ4n) is 2.93. The lowest BCUT2D eigenvalue weighted by atomic mass is 10.1. The van der Waals surface area contributed by atoms with Gasteiger partial charge in [-0.25, -0.2) is 9.97 Å². The fraction of sp³-hybridized carbons (Fsp3) is 0.455. The molecule has 0 aliphatic carbocycles. The van der Waals surface area contributed by atoms with Gasteiger partial charge in [0.15, 0.2) is 5.82 Å². The summed E-state index contributed by atoms with van der Waals surface area (Å²) in [6.45, 7) is 8.05. The highest BCUT2D eigenvalue weighted by Crippen LogP contribution is 2.44. The molecule has 8 heteroatoms. The highest BCUT2D eigenvalue weighted by atomic mass is 35.5. The molecule has 0 spiro atoms. The zero-order chi connectivity index (χ0) is 22.3. The first-order valence-corrected chi connectivity index (χ1v) is 11.2. The van der Waals surface area contributed by atoms with Crippen molar-refractivity contribution < 1.29 is 9.47 Å². The standard InChI is InChI=1S/C19H20Cl3N3O2.C3H8/c1-4-12-11(6-7-20)19(25-8-5-9-25)24-18(23-12)15-16(21)13(26-2)10-14(27-3)17(15)22;1-3-2/h4,6,10H,5,7-9H2,1-3H3;3H2,1-2H3/b11-6+,12-4+;. The van der Waals surface area contributed by atoms with E-state index in [2.05, 4.69) is 18.7 Å². The SMILES string of the molecule is C/C=c1/nc(-c2c(Cl)c(OC)cc(OC)c2Cl)nc(N2CCC2)/c1=C/CCl.CCC. The second-order valence-electron chi connectivity index (χ2n) is 6.65. The molecule has 0 saturated carbocycles. The Balaban J connectivity index is 0.00000101. The van der Waals surface area contributed by atoms with Gasteiger partial charge in [-0.2, -0.15) is 0 Å². The lowest BCUT2D eigenvalue weighted by Crippen LogP contribution is -2.45. The van der Waals surface area contributed by atoms with Gasteiger partial charge < -0.3 is 14.4 Å². The molecule has 0 bridgehead atoms. The summed E-state index contributed by atoms with van der Waals surface area (Å²) in [4.78, 5) is 11.7. The molecule has 5 nitrogen and oxygen atoms in total. The molecule has 0 radical (unpaired) electrons. The van der Waals surface area contributed by atoms with Crippen LogP contribution in [0.2, 0.25) is 10.0 Å². The average Bonchev–Trinajstić information content (AvgIpc) is 2.69. The van der Waals surface area contributed by atoms with E-state index in [0.717, 1.165) is 35.9 Å². The summed E-state index contributed by atoms with van der Waals surface area (Å²) in [5.74, 6) is 2.51. The zero-order valence-electron chi connectivity index (χ0n) is 18.1. The summed E-state index contributed by atoms with van der Waals surface area (Å²) in [6, 6.07) is 1.65. The molecule has 30 heavy (non-hydrogen) atoms. The third kappa shape index (κ3) is 5.13. The monoisotopic (exact) mass is 471 g/mol. The number of aromatic nitrogens is 2. The van der Waals surface area contributed by atoms with Gasteiger partial charge in [-0.15, -0.1) is 11.6 Å². The molecule has 0 N–H and O–H groups in total. The number of hydrogen-bond donors (Lipinski definition) is 0. The lowest BCUT2D eigenvalue weighted by Gasteiger charge is -2.32. The Bertz CT molecular complexity index is 964. The van der Waals surface area contributed by atoms with Gasteiger partial charge in [0.1, 0.15) is 17.3 Å². The number of nitrogens with zero attached hydrogens (tertiary/aromatic N) is 3. The summed E-state index contributed by atoms with van der Waals surface area (Å²) < 4.78 is 10.7. The van der Waals surface area contributed by atoms with Crippen LogP contribution >= 0.6 is 34.8 Å². The van der Waals surface area contributed by atoms with E-state index < -0.39 is 0 Å². The Hall–Kier alpha value is -1.69. The van der Waals surface area contributed by atoms with E-state index in [1.807, 2.05) is 19.1 Å². The molecular formula is C22H28Cl3N3O2. The molecule has 2 heterocycles. The smallest absolute Gasteiger partial charge is 0.165 e. The van der Waals surface area contributed by atoms with Gasteiger partial charge in [0, 0.05) is 30.3 Å². The van der Waals surface area contributed by atoms with Gasteiger partial charge in [-0.1, -0.05) is 55.6 Å². The summed E-state index contributed by atoms with van der Waals surface area (Å²) in [6.07, 6.45) is 6.22. The molecule has 2 aromatic rings. The summed E-state index contributed by atoms with van der Waals surface area (Å²) in [5.41, 5.74) is 0.483. The van der Waals surface area contributed by atoms with E-state index in [1.165, 1.54) is 20.6 Å². The third-order valence-corrected chi connectivity index (χ3v) is 5.37. The van der Waals surface area contributed by atoms with Crippen LogP contribution in [0.25, 0.3) is 23.5 Å². The van der Waals surface area contributed by atoms with Crippen LogP contribution in [0.4, 0.5) is 5.82 Å². The summed E-state index contributed by atoms with van der Waals surface area (Å²) >= 11 is 19.1. The average molecular weight is 473 g/mol. The van der Waals surface area contributed by atoms with Crippen molar-refractivity contribution >= 4 is 52.8 Å². The van der Waals surface area contributed by atoms with Crippen LogP contribution in [0.5, 0.6) is 11.5 Å². The molecule has 1 aliphatic heterocycles. The Morgan fingerprint density at radius 3 is 2.03 bits per heavy atom. The number of alkyl halides is 1. The number of halogens is 3. The molecule has 3 rings (SSSR count). The van der Waals surface area contributed by atoms with Gasteiger partial charge >= 0.3 is 0 Å². The molecule has 0 atom stereocenters. The minimum Gasteiger partial charge on any atom is -0.495 e. The topological polar surface area (TPSA) is 47.5 Å². The van der Waals surface area contributed by atoms with Gasteiger partial charge in [0.2, 0.25) is 0 Å². The molecule has 1 aromatic carbocycles. The highest BCUT2D eigenvalue weighted by molar-refractivity contribution is 6.40. The largest absolute Gasteiger partial charge is 0.495 e. The van der Waals surface area contributed by atoms with E-state index in [1.54, 1.807) is 6.07 Å². The second kappa shape index (κ2) is 11.6. The van der Waals surface area contributed by atoms with Crippen molar-refractivity contribution in [2.45, 2.75) is 33.6 Å². The lowest BCUT2D eigenvalue weighted by molar-refractivity contribution is 0.395. The summed E-state index contributed by atoms with van der Waals surface area (Å²) in [5, 5.41) is 2.37. The predicted molar refractivity (Wildman–Crippen MR) is 128 cm³/mol. The second-order valence-corrected chi connectivity index (χ2v) is 7.71. The Kier molecular flexibility index (Phi) is 9.53. The van der Waals surface area contributed by atoms with Crippen LogP contribution < -0.4 is 24.9 Å². The van der Waals surface area contributed by atoms with Crippen LogP contribution in [0.15, 0.2) is 6.07 Å². The molecule has 0 unspecified atom stereocenters. The van der Waals surface area contributed by atoms with Crippen molar-refractivity contribution in [3.05, 3.63) is 26.7 Å². The predicted octanol–water partition coefficient (Wildman–Crippen LogP) is 4.91. The Labute approximate surface area is 193 Å². The van der Waals surface area contributed by atoms with Crippen LogP contribution in [-0.4, -0.2) is 43.2 Å². The van der Waals surface area contributed by atoms with Crippen molar-refractivity contribution in [3.8, 4) is 22.9 Å². The molecule has 1 aliphatic rings. The van der Waals surface area contributed by atoms with E-state index in [0.29, 0.717) is 38.8 Å². The molecule has 1 aromatic heterocycles. The normalized spacial score (nSPS) is 14.2. The number of rotatable bonds is 5. The van der Waals surface area contributed by atoms with Gasteiger partial charge in [-0.3, -0.25) is 0 Å². The minimum atomic E-state index is 0.342. The van der Waals surface area contributed by atoms with Gasteiger partial charge in [0.25, 0.3) is 0 Å². The molecule has 0 amide bonds. The number of benzene rings is 1. The quantitative estimate of drug-likeness (QED) is 0.578. The Morgan fingerprint density at radius 2 is 1.63 bits per heavy atom. The summed E-state index contributed by atoms with van der Waals surface area (Å²) in [7, 11) is 3.07. The molecular weight excluding hydrogens is 445 g/mol. The van der Waals surface area contributed by atoms with E-state index in [9.17, 15) is 0 Å². The Morgan fingerprint density at radius 1 is 1.07 bits per heavy atom.